The van der Waals surface area contributed by atoms with E-state index in [0.717, 1.165) is 11.4 Å². The normalized spacial score (nSPS) is 13.7. The Balaban J connectivity index is 0.00000257. The van der Waals surface area contributed by atoms with E-state index >= 15 is 0 Å². The van der Waals surface area contributed by atoms with Crippen LogP contribution in [0.2, 0.25) is 5.02 Å². The fraction of sp³-hybridized carbons (Fsp3) is 0.196. The van der Waals surface area contributed by atoms with Gasteiger partial charge in [-0.25, -0.2) is 0 Å². The summed E-state index contributed by atoms with van der Waals surface area (Å²) < 4.78 is 3.44. The van der Waals surface area contributed by atoms with Crippen LogP contribution in [-0.2, 0) is 32.1 Å². The van der Waals surface area contributed by atoms with E-state index in [1.54, 1.807) is 3.28 Å². The molecule has 0 amide bonds. The van der Waals surface area contributed by atoms with Gasteiger partial charge in [0.15, 0.2) is 0 Å². The molecule has 0 saturated carbocycles. The van der Waals surface area contributed by atoms with E-state index in [1.165, 1.54) is 70.0 Å². The van der Waals surface area contributed by atoms with Gasteiger partial charge in [-0.15, -0.1) is 0 Å². The summed E-state index contributed by atoms with van der Waals surface area (Å²) in [6.45, 7) is 14.2. The van der Waals surface area contributed by atoms with Crippen molar-refractivity contribution in [2.24, 2.45) is 0 Å². The average Bonchev–Trinajstić information content (AvgIpc) is 3.80. The number of allylic oxidation sites excluding steroid dienone is 4. The predicted molar refractivity (Wildman–Crippen MR) is 225 cm³/mol. The van der Waals surface area contributed by atoms with Crippen LogP contribution in [-0.4, -0.2) is 3.21 Å². The molecule has 0 N–H and O–H groups in total. The van der Waals surface area contributed by atoms with Crippen molar-refractivity contribution in [1.82, 2.24) is 0 Å². The molecule has 55 heavy (non-hydrogen) atoms. The third-order valence-electron chi connectivity index (χ3n) is 10.9. The number of benzene rings is 6. The summed E-state index contributed by atoms with van der Waals surface area (Å²) in [7, 11) is 0. The molecule has 276 valence electrons. The van der Waals surface area contributed by atoms with Crippen molar-refractivity contribution >= 4 is 14.8 Å². The van der Waals surface area contributed by atoms with E-state index in [-0.39, 0.29) is 39.3 Å². The molecule has 0 heterocycles. The van der Waals surface area contributed by atoms with Crippen LogP contribution < -0.4 is 24.8 Å². The van der Waals surface area contributed by atoms with E-state index in [9.17, 15) is 0 Å². The number of fused-ring (bicyclic) bond motifs is 3. The Morgan fingerprint density at radius 3 is 1.40 bits per heavy atom. The van der Waals surface area contributed by atoms with Gasteiger partial charge in [-0.05, 0) is 0 Å². The van der Waals surface area contributed by atoms with Gasteiger partial charge in [-0.1, -0.05) is 0 Å². The van der Waals surface area contributed by atoms with Crippen LogP contribution in [0.3, 0.4) is 0 Å². The average molecular weight is 858 g/mol. The fourth-order valence-corrected chi connectivity index (χ4v) is 17.5. The molecule has 0 fully saturated rings. The Bertz CT molecular complexity index is 2300. The molecule has 0 saturated heterocycles. The maximum Gasteiger partial charge on any atom is -1.00 e. The molecule has 0 spiro atoms. The van der Waals surface area contributed by atoms with Crippen LogP contribution in [0, 0.1) is 0 Å². The second-order valence-corrected chi connectivity index (χ2v) is 23.3. The van der Waals surface area contributed by atoms with E-state index < -0.39 is 21.3 Å². The van der Waals surface area contributed by atoms with Gasteiger partial charge in [-0.2, -0.15) is 0 Å². The van der Waals surface area contributed by atoms with Gasteiger partial charge in [-0.3, -0.25) is 0 Å². The fourth-order valence-electron chi connectivity index (χ4n) is 8.45. The van der Waals surface area contributed by atoms with Gasteiger partial charge in [0, 0.05) is 0 Å². The first kappa shape index (κ1) is 41.1. The van der Waals surface area contributed by atoms with Crippen molar-refractivity contribution in [3.05, 3.63) is 199 Å². The Labute approximate surface area is 353 Å². The van der Waals surface area contributed by atoms with Crippen molar-refractivity contribution < 1.29 is 46.1 Å². The summed E-state index contributed by atoms with van der Waals surface area (Å²) in [6, 6.07) is 52.4. The van der Waals surface area contributed by atoms with Crippen LogP contribution in [0.1, 0.15) is 85.0 Å². The van der Waals surface area contributed by atoms with Crippen molar-refractivity contribution in [2.75, 3.05) is 0 Å². The first-order chi connectivity index (χ1) is 25.5. The second-order valence-electron chi connectivity index (χ2n) is 16.6. The summed E-state index contributed by atoms with van der Waals surface area (Å²) >= 11 is 3.61. The summed E-state index contributed by atoms with van der Waals surface area (Å²) in [6.07, 6.45) is 8.15. The van der Waals surface area contributed by atoms with E-state index in [4.69, 9.17) is 11.6 Å². The van der Waals surface area contributed by atoms with Crippen LogP contribution in [0.5, 0.6) is 0 Å². The van der Waals surface area contributed by atoms with Gasteiger partial charge in [0.25, 0.3) is 0 Å². The van der Waals surface area contributed by atoms with Crippen molar-refractivity contribution in [3.63, 3.8) is 0 Å². The van der Waals surface area contributed by atoms with Crippen LogP contribution in [0.25, 0.3) is 33.4 Å². The van der Waals surface area contributed by atoms with Gasteiger partial charge in [0.05, 0.1) is 0 Å². The van der Waals surface area contributed by atoms with Crippen molar-refractivity contribution in [2.45, 2.75) is 62.4 Å². The number of hydrogen-bond donors (Lipinski definition) is 0. The maximum absolute atomic E-state index is 6.57. The smallest absolute Gasteiger partial charge is 1.00 e. The Morgan fingerprint density at radius 2 is 0.982 bits per heavy atom. The zero-order chi connectivity index (χ0) is 36.9. The zero-order valence-electron chi connectivity index (χ0n) is 32.4. The molecule has 0 radical (unpaired) electrons. The summed E-state index contributed by atoms with van der Waals surface area (Å²) in [5.41, 5.74) is 16.4. The molecule has 0 unspecified atom stereocenters. The van der Waals surface area contributed by atoms with Crippen LogP contribution in [0.15, 0.2) is 161 Å². The van der Waals surface area contributed by atoms with Gasteiger partial charge >= 0.3 is 331 Å². The molecular weight excluding hydrogens is 810 g/mol. The SMILES string of the molecule is CC(C)(C)c1cc2c(cc1-c1ccccc1)[CH](/[Zr+2]([C]1=CC=CC1)=[C](\c1ccccc1)c1ccc(Cl)cc1)c1cc(-c3ccccc3)c(C(C)(C)C)cc1-2.[Cl-].[Cl-]. The molecule has 0 aliphatic heterocycles. The predicted octanol–water partition coefficient (Wildman–Crippen LogP) is 8.08. The molecule has 6 aromatic carbocycles. The summed E-state index contributed by atoms with van der Waals surface area (Å²) in [5, 5.41) is 0.772. The topological polar surface area (TPSA) is 0 Å². The maximum atomic E-state index is 6.57. The number of hydrogen-bond acceptors (Lipinski definition) is 0. The molecule has 8 rings (SSSR count). The third-order valence-corrected chi connectivity index (χ3v) is 19.5. The molecule has 0 aromatic heterocycles. The molecular formula is C51H47Cl3Zr. The van der Waals surface area contributed by atoms with Crippen molar-refractivity contribution in [1.29, 1.82) is 0 Å². The Morgan fingerprint density at radius 1 is 0.545 bits per heavy atom. The molecule has 2 aliphatic rings. The molecule has 0 nitrogen and oxygen atoms in total. The minimum atomic E-state index is -2.96. The molecule has 2 aliphatic carbocycles. The monoisotopic (exact) mass is 854 g/mol. The third kappa shape index (κ3) is 8.02. The quantitative estimate of drug-likeness (QED) is 0.159. The van der Waals surface area contributed by atoms with Crippen molar-refractivity contribution in [3.8, 4) is 33.4 Å². The molecule has 6 aromatic rings. The van der Waals surface area contributed by atoms with Gasteiger partial charge in [0.2, 0.25) is 0 Å². The van der Waals surface area contributed by atoms with E-state index in [1.807, 2.05) is 0 Å². The summed E-state index contributed by atoms with van der Waals surface area (Å²) in [5.74, 6) is 0. The largest absolute Gasteiger partial charge is 1.00 e. The second kappa shape index (κ2) is 16.5. The Kier molecular flexibility index (Phi) is 12.3. The first-order valence-electron chi connectivity index (χ1n) is 18.9. The van der Waals surface area contributed by atoms with Gasteiger partial charge < -0.3 is 24.8 Å². The minimum absolute atomic E-state index is 0. The zero-order valence-corrected chi connectivity index (χ0v) is 37.2. The first-order valence-corrected chi connectivity index (χ1v) is 23.1. The molecule has 4 heteroatoms. The summed E-state index contributed by atoms with van der Waals surface area (Å²) in [4.78, 5) is 0. The van der Waals surface area contributed by atoms with E-state index in [2.05, 4.69) is 199 Å². The standard InChI is InChI=1S/C33H33.C13H9Cl.C5H5.2ClH.Zr/c1-32(2,3)30-20-26-24(18-28(30)22-13-9-7-10-14-22)17-25-19-29(23-15-11-8-12-16-23)31(21-27(25)26)33(4,5)6;14-13-8-6-12(7-9-13)10-11-4-2-1-3-5-11;1-2-4-5-3-1;;;/h7-21H,1-6H3;1-9H;1-3H,4H2;2*1H;/q;;;;;+2/p-2. The van der Waals surface area contributed by atoms with E-state index in [0.29, 0.717) is 0 Å². The number of halogens is 3. The molecule has 0 bridgehead atoms. The number of rotatable bonds is 6. The van der Waals surface area contributed by atoms with Crippen LogP contribution in [0.4, 0.5) is 0 Å². The van der Waals surface area contributed by atoms with Gasteiger partial charge in [0.1, 0.15) is 0 Å². The minimum Gasteiger partial charge on any atom is -1.00 e. The van der Waals surface area contributed by atoms with Crippen LogP contribution >= 0.6 is 11.6 Å². The molecule has 0 atom stereocenters. The Hall–Kier alpha value is -3.58.